The van der Waals surface area contributed by atoms with Crippen LogP contribution in [0.4, 0.5) is 16.4 Å². The van der Waals surface area contributed by atoms with Crippen LogP contribution in [0.15, 0.2) is 79.1 Å². The maximum Gasteiger partial charge on any atom is 0.407 e. The third-order valence-electron chi connectivity index (χ3n) is 6.68. The van der Waals surface area contributed by atoms with Crippen molar-refractivity contribution >= 4 is 27.8 Å². The van der Waals surface area contributed by atoms with Crippen molar-refractivity contribution in [3.05, 3.63) is 90.3 Å². The topological polar surface area (TPSA) is 147 Å². The number of nitrogens with one attached hydrogen (secondary N) is 2. The van der Waals surface area contributed by atoms with Crippen molar-refractivity contribution in [2.24, 2.45) is 0 Å². The van der Waals surface area contributed by atoms with Gasteiger partial charge in [0.2, 0.25) is 21.9 Å². The molecular formula is C29H30N6O5S. The number of hydrogen-bond donors (Lipinski definition) is 3. The Balaban J connectivity index is 1.34. The van der Waals surface area contributed by atoms with Crippen LogP contribution in [0.3, 0.4) is 0 Å². The number of hydrogen-bond acceptors (Lipinski definition) is 8. The van der Waals surface area contributed by atoms with Gasteiger partial charge in [-0.25, -0.2) is 28.2 Å². The van der Waals surface area contributed by atoms with Gasteiger partial charge in [0.25, 0.3) is 0 Å². The van der Waals surface area contributed by atoms with Crippen molar-refractivity contribution in [1.29, 1.82) is 0 Å². The summed E-state index contributed by atoms with van der Waals surface area (Å²) in [6.07, 6.45) is 3.84. The van der Waals surface area contributed by atoms with Crippen LogP contribution in [-0.2, 0) is 15.8 Å². The zero-order valence-corrected chi connectivity index (χ0v) is 23.2. The average molecular weight is 575 g/mol. The first kappa shape index (κ1) is 27.8. The van der Waals surface area contributed by atoms with Crippen molar-refractivity contribution < 1.29 is 23.1 Å². The first-order valence-corrected chi connectivity index (χ1v) is 14.8. The van der Waals surface area contributed by atoms with E-state index in [9.17, 15) is 18.3 Å². The minimum atomic E-state index is -3.66. The average Bonchev–Trinajstić information content (AvgIpc) is 2.96. The molecular weight excluding hydrogens is 544 g/mol. The molecule has 0 spiro atoms. The molecule has 4 aromatic rings. The van der Waals surface area contributed by atoms with Crippen molar-refractivity contribution in [3.8, 4) is 22.9 Å². The van der Waals surface area contributed by atoms with Gasteiger partial charge < -0.3 is 20.1 Å². The summed E-state index contributed by atoms with van der Waals surface area (Å²) >= 11 is 0. The van der Waals surface area contributed by atoms with Gasteiger partial charge in [-0.3, -0.25) is 4.72 Å². The molecule has 1 atom stereocenters. The maximum absolute atomic E-state index is 12.8. The molecule has 5 rings (SSSR count). The first-order chi connectivity index (χ1) is 19.8. The number of carboxylic acid groups (broad SMARTS) is 1. The van der Waals surface area contributed by atoms with Crippen LogP contribution >= 0.6 is 0 Å². The zero-order valence-electron chi connectivity index (χ0n) is 22.4. The lowest BCUT2D eigenvalue weighted by atomic mass is 10.1. The van der Waals surface area contributed by atoms with Gasteiger partial charge in [0, 0.05) is 37.1 Å². The molecule has 1 amide bonds. The predicted octanol–water partition coefficient (Wildman–Crippen LogP) is 5.14. The van der Waals surface area contributed by atoms with Gasteiger partial charge in [-0.1, -0.05) is 36.4 Å². The van der Waals surface area contributed by atoms with E-state index in [1.165, 1.54) is 4.90 Å². The monoisotopic (exact) mass is 574 g/mol. The highest BCUT2D eigenvalue weighted by Gasteiger charge is 2.24. The second kappa shape index (κ2) is 12.2. The summed E-state index contributed by atoms with van der Waals surface area (Å²) < 4.78 is 34.5. The number of likely N-dealkylation sites (tertiary alicyclic amines) is 1. The number of sulfonamides is 1. The number of benzene rings is 2. The Morgan fingerprint density at radius 3 is 2.68 bits per heavy atom. The maximum atomic E-state index is 12.8. The van der Waals surface area contributed by atoms with Crippen LogP contribution in [0.5, 0.6) is 11.6 Å². The molecule has 12 heteroatoms. The van der Waals surface area contributed by atoms with Gasteiger partial charge in [0.1, 0.15) is 5.75 Å². The summed E-state index contributed by atoms with van der Waals surface area (Å²) in [6.45, 7) is 2.64. The first-order valence-electron chi connectivity index (χ1n) is 13.1. The lowest BCUT2D eigenvalue weighted by Gasteiger charge is -2.31. The minimum absolute atomic E-state index is 0.101. The molecule has 2 aromatic heterocycles. The molecule has 11 nitrogen and oxygen atoms in total. The third-order valence-corrected chi connectivity index (χ3v) is 7.93. The fraction of sp³-hybridized carbons (Fsp3) is 0.241. The van der Waals surface area contributed by atoms with Gasteiger partial charge >= 0.3 is 6.09 Å². The normalized spacial score (nSPS) is 15.2. The van der Waals surface area contributed by atoms with Gasteiger partial charge in [0.05, 0.1) is 22.7 Å². The van der Waals surface area contributed by atoms with Gasteiger partial charge in [-0.15, -0.1) is 0 Å². The molecule has 0 aliphatic carbocycles. The standard InChI is InChI=1S/C29H30N6O5S/c1-20-24(34-41(38,39)19-21-8-3-2-4-9-21)12-5-13-26(20)40-27-23(11-6-15-30-27)25-14-16-31-28(33-25)32-22-10-7-17-35(18-22)29(36)37/h2-6,8-9,11-16,22,34H,7,10,17-19H2,1H3,(H,36,37)(H,31,32,33). The van der Waals surface area contributed by atoms with Crippen LogP contribution in [0.2, 0.25) is 0 Å². The summed E-state index contributed by atoms with van der Waals surface area (Å²) in [4.78, 5) is 26.1. The number of nitrogens with zero attached hydrogens (tertiary/aromatic N) is 4. The molecule has 3 heterocycles. The Labute approximate surface area is 238 Å². The number of ether oxygens (including phenoxy) is 1. The number of aromatic nitrogens is 3. The molecule has 2 aromatic carbocycles. The van der Waals surface area contributed by atoms with E-state index in [1.807, 2.05) is 12.1 Å². The van der Waals surface area contributed by atoms with E-state index in [1.54, 1.807) is 73.9 Å². The van der Waals surface area contributed by atoms with E-state index in [4.69, 9.17) is 4.74 Å². The number of rotatable bonds is 9. The Kier molecular flexibility index (Phi) is 8.29. The Morgan fingerprint density at radius 2 is 1.88 bits per heavy atom. The van der Waals surface area contributed by atoms with Crippen LogP contribution in [-0.4, -0.2) is 58.6 Å². The number of amides is 1. The van der Waals surface area contributed by atoms with E-state index in [0.717, 1.165) is 12.8 Å². The lowest BCUT2D eigenvalue weighted by molar-refractivity contribution is 0.132. The largest absolute Gasteiger partial charge is 0.465 e. The second-order valence-corrected chi connectivity index (χ2v) is 11.4. The number of pyridine rings is 1. The van der Waals surface area contributed by atoms with E-state index in [-0.39, 0.29) is 11.8 Å². The predicted molar refractivity (Wildman–Crippen MR) is 155 cm³/mol. The van der Waals surface area contributed by atoms with Crippen molar-refractivity contribution in [1.82, 2.24) is 19.9 Å². The van der Waals surface area contributed by atoms with Crippen LogP contribution < -0.4 is 14.8 Å². The van der Waals surface area contributed by atoms with Gasteiger partial charge in [-0.2, -0.15) is 0 Å². The summed E-state index contributed by atoms with van der Waals surface area (Å²) in [7, 11) is -3.66. The van der Waals surface area contributed by atoms with Crippen LogP contribution in [0.25, 0.3) is 11.3 Å². The number of carbonyl (C=O) groups is 1. The highest BCUT2D eigenvalue weighted by Crippen LogP contribution is 2.34. The molecule has 1 fully saturated rings. The quantitative estimate of drug-likeness (QED) is 0.247. The molecule has 0 saturated carbocycles. The molecule has 212 valence electrons. The SMILES string of the molecule is Cc1c(NS(=O)(=O)Cc2ccccc2)cccc1Oc1ncccc1-c1ccnc(NC2CCCN(C(=O)O)C2)n1. The summed E-state index contributed by atoms with van der Waals surface area (Å²) in [6, 6.07) is 19.3. The summed E-state index contributed by atoms with van der Waals surface area (Å²) in [5, 5.41) is 12.6. The van der Waals surface area contributed by atoms with E-state index < -0.39 is 16.1 Å². The molecule has 41 heavy (non-hydrogen) atoms. The molecule has 0 bridgehead atoms. The molecule has 3 N–H and O–H groups in total. The highest BCUT2D eigenvalue weighted by molar-refractivity contribution is 7.91. The number of anilines is 2. The fourth-order valence-corrected chi connectivity index (χ4v) is 5.89. The molecule has 0 radical (unpaired) electrons. The summed E-state index contributed by atoms with van der Waals surface area (Å²) in [5.74, 6) is 0.954. The highest BCUT2D eigenvalue weighted by atomic mass is 32.2. The Bertz CT molecular complexity index is 1630. The van der Waals surface area contributed by atoms with Crippen molar-refractivity contribution in [2.75, 3.05) is 23.1 Å². The zero-order chi connectivity index (χ0) is 28.8. The Morgan fingerprint density at radius 1 is 1.05 bits per heavy atom. The van der Waals surface area contributed by atoms with E-state index >= 15 is 0 Å². The smallest absolute Gasteiger partial charge is 0.407 e. The van der Waals surface area contributed by atoms with Crippen LogP contribution in [0.1, 0.15) is 24.0 Å². The van der Waals surface area contributed by atoms with E-state index in [0.29, 0.717) is 58.7 Å². The van der Waals surface area contributed by atoms with Gasteiger partial charge in [-0.05, 0) is 55.7 Å². The van der Waals surface area contributed by atoms with Crippen molar-refractivity contribution in [3.63, 3.8) is 0 Å². The Hall–Kier alpha value is -4.71. The van der Waals surface area contributed by atoms with Crippen molar-refractivity contribution in [2.45, 2.75) is 31.6 Å². The number of piperidine rings is 1. The summed E-state index contributed by atoms with van der Waals surface area (Å²) in [5.41, 5.74) is 2.88. The fourth-order valence-electron chi connectivity index (χ4n) is 4.63. The molecule has 1 unspecified atom stereocenters. The lowest BCUT2D eigenvalue weighted by Crippen LogP contribution is -2.44. The molecule has 1 aliphatic heterocycles. The minimum Gasteiger partial charge on any atom is -0.465 e. The van der Waals surface area contributed by atoms with E-state index in [2.05, 4.69) is 25.0 Å². The molecule has 1 aliphatic rings. The van der Waals surface area contributed by atoms with Crippen LogP contribution in [0, 0.1) is 6.92 Å². The molecule has 1 saturated heterocycles. The van der Waals surface area contributed by atoms with Gasteiger partial charge in [0.15, 0.2) is 0 Å². The third kappa shape index (κ3) is 7.09. The second-order valence-electron chi connectivity index (χ2n) is 9.71.